The largest absolute Gasteiger partial charge is 0.302 e. The summed E-state index contributed by atoms with van der Waals surface area (Å²) in [5, 5.41) is 16.2. The van der Waals surface area contributed by atoms with E-state index in [4.69, 9.17) is 0 Å². The molecule has 0 saturated carbocycles. The number of thiazole rings is 2. The second-order valence-electron chi connectivity index (χ2n) is 6.85. The minimum atomic E-state index is -0.446. The van der Waals surface area contributed by atoms with Gasteiger partial charge in [0.05, 0.1) is 20.8 Å². The minimum absolute atomic E-state index is 0.00528. The monoisotopic (exact) mass is 449 g/mol. The van der Waals surface area contributed by atoms with E-state index >= 15 is 0 Å². The van der Waals surface area contributed by atoms with Gasteiger partial charge in [-0.3, -0.25) is 19.3 Å². The number of aryl methyl sites for hydroxylation is 1. The number of nitrogens with one attached hydrogen (secondary N) is 1. The number of nitro benzene ring substituents is 1. The van der Waals surface area contributed by atoms with Crippen molar-refractivity contribution in [2.45, 2.75) is 12.8 Å². The quantitative estimate of drug-likeness (QED) is 0.285. The van der Waals surface area contributed by atoms with E-state index in [9.17, 15) is 14.9 Å². The van der Waals surface area contributed by atoms with E-state index in [1.54, 1.807) is 17.4 Å². The second kappa shape index (κ2) is 7.89. The molecule has 0 saturated heterocycles. The molecular formula is C21H15N5O3S2. The zero-order chi connectivity index (χ0) is 21.4. The Balaban J connectivity index is 1.27. The number of imidazole rings is 1. The summed E-state index contributed by atoms with van der Waals surface area (Å²) in [7, 11) is 0. The first-order chi connectivity index (χ1) is 15.1. The summed E-state index contributed by atoms with van der Waals surface area (Å²) in [6.07, 6.45) is 2.85. The molecule has 0 spiro atoms. The van der Waals surface area contributed by atoms with E-state index in [1.165, 1.54) is 23.5 Å². The molecule has 0 bridgehead atoms. The van der Waals surface area contributed by atoms with Gasteiger partial charge in [-0.05, 0) is 12.5 Å². The SMILES string of the molecule is O=C(CCc1csc2nc(-c3ccccc3)cn12)Nc1nc2ccc([N+](=O)[O-])cc2s1. The lowest BCUT2D eigenvalue weighted by Crippen LogP contribution is -2.12. The number of rotatable bonds is 6. The average molecular weight is 450 g/mol. The van der Waals surface area contributed by atoms with Gasteiger partial charge in [-0.2, -0.15) is 0 Å². The highest BCUT2D eigenvalue weighted by Crippen LogP contribution is 2.29. The molecule has 2 aromatic carbocycles. The highest BCUT2D eigenvalue weighted by Gasteiger charge is 2.14. The second-order valence-corrected chi connectivity index (χ2v) is 8.72. The molecule has 1 amide bonds. The van der Waals surface area contributed by atoms with E-state index < -0.39 is 4.92 Å². The molecule has 10 heteroatoms. The molecule has 8 nitrogen and oxygen atoms in total. The maximum absolute atomic E-state index is 12.4. The molecule has 1 N–H and O–H groups in total. The third kappa shape index (κ3) is 3.90. The standard InChI is InChI=1S/C21H15N5O3S2/c27-19(24-20-22-16-8-6-14(26(28)29)10-18(16)31-20)9-7-15-12-30-21-23-17(11-25(15)21)13-4-2-1-3-5-13/h1-6,8,10-12H,7,9H2,(H,22,24,27). The fourth-order valence-corrected chi connectivity index (χ4v) is 5.08. The van der Waals surface area contributed by atoms with Crippen molar-refractivity contribution in [1.29, 1.82) is 0 Å². The number of hydrogen-bond acceptors (Lipinski definition) is 7. The van der Waals surface area contributed by atoms with Crippen LogP contribution in [0.2, 0.25) is 0 Å². The van der Waals surface area contributed by atoms with Crippen molar-refractivity contribution in [3.63, 3.8) is 0 Å². The van der Waals surface area contributed by atoms with Crippen molar-refractivity contribution in [2.24, 2.45) is 0 Å². The number of nitro groups is 1. The molecule has 3 heterocycles. The van der Waals surface area contributed by atoms with Crippen LogP contribution in [0.4, 0.5) is 10.8 Å². The normalized spacial score (nSPS) is 11.2. The smallest absolute Gasteiger partial charge is 0.270 e. The van der Waals surface area contributed by atoms with Gasteiger partial charge in [-0.15, -0.1) is 11.3 Å². The van der Waals surface area contributed by atoms with Crippen LogP contribution < -0.4 is 5.32 Å². The minimum Gasteiger partial charge on any atom is -0.302 e. The Morgan fingerprint density at radius 3 is 2.81 bits per heavy atom. The number of amides is 1. The van der Waals surface area contributed by atoms with Crippen molar-refractivity contribution in [3.8, 4) is 11.3 Å². The van der Waals surface area contributed by atoms with Gasteiger partial charge < -0.3 is 5.32 Å². The van der Waals surface area contributed by atoms with Crippen LogP contribution in [0.15, 0.2) is 60.1 Å². The van der Waals surface area contributed by atoms with Crippen LogP contribution in [0.5, 0.6) is 0 Å². The lowest BCUT2D eigenvalue weighted by molar-refractivity contribution is -0.384. The van der Waals surface area contributed by atoms with Gasteiger partial charge in [0, 0.05) is 41.4 Å². The first-order valence-electron chi connectivity index (χ1n) is 9.42. The topological polar surface area (TPSA) is 102 Å². The Morgan fingerprint density at radius 2 is 2.00 bits per heavy atom. The molecule has 5 rings (SSSR count). The fraction of sp³-hybridized carbons (Fsp3) is 0.0952. The van der Waals surface area contributed by atoms with Crippen LogP contribution in [0, 0.1) is 10.1 Å². The molecule has 31 heavy (non-hydrogen) atoms. The highest BCUT2D eigenvalue weighted by atomic mass is 32.1. The predicted molar refractivity (Wildman–Crippen MR) is 122 cm³/mol. The number of fused-ring (bicyclic) bond motifs is 2. The van der Waals surface area contributed by atoms with Gasteiger partial charge in [0.2, 0.25) is 5.91 Å². The molecule has 0 fully saturated rings. The summed E-state index contributed by atoms with van der Waals surface area (Å²) in [6.45, 7) is 0. The number of hydrogen-bond donors (Lipinski definition) is 1. The summed E-state index contributed by atoms with van der Waals surface area (Å²) < 4.78 is 2.69. The van der Waals surface area contributed by atoms with E-state index in [2.05, 4.69) is 15.3 Å². The maximum Gasteiger partial charge on any atom is 0.270 e. The van der Waals surface area contributed by atoms with Crippen molar-refractivity contribution in [3.05, 3.63) is 75.9 Å². The lowest BCUT2D eigenvalue weighted by Gasteiger charge is -2.01. The van der Waals surface area contributed by atoms with Crippen molar-refractivity contribution in [1.82, 2.24) is 14.4 Å². The first kappa shape index (κ1) is 19.3. The third-order valence-electron chi connectivity index (χ3n) is 4.79. The van der Waals surface area contributed by atoms with E-state index in [-0.39, 0.29) is 11.6 Å². The molecule has 0 aliphatic carbocycles. The fourth-order valence-electron chi connectivity index (χ4n) is 3.26. The van der Waals surface area contributed by atoms with Crippen LogP contribution in [-0.2, 0) is 11.2 Å². The molecule has 5 aromatic rings. The summed E-state index contributed by atoms with van der Waals surface area (Å²) in [4.78, 5) is 32.8. The number of benzene rings is 2. The number of carbonyl (C=O) groups is 1. The zero-order valence-electron chi connectivity index (χ0n) is 16.0. The molecular weight excluding hydrogens is 434 g/mol. The molecule has 0 unspecified atom stereocenters. The van der Waals surface area contributed by atoms with Crippen molar-refractivity contribution in [2.75, 3.05) is 5.32 Å². The predicted octanol–water partition coefficient (Wildman–Crippen LogP) is 5.15. The lowest BCUT2D eigenvalue weighted by atomic mass is 10.2. The molecule has 0 aliphatic heterocycles. The van der Waals surface area contributed by atoms with Gasteiger partial charge in [-0.25, -0.2) is 9.97 Å². The number of aromatic nitrogens is 3. The van der Waals surface area contributed by atoms with Crippen LogP contribution >= 0.6 is 22.7 Å². The first-order valence-corrected chi connectivity index (χ1v) is 11.1. The number of nitrogens with zero attached hydrogens (tertiary/aromatic N) is 4. The van der Waals surface area contributed by atoms with Gasteiger partial charge >= 0.3 is 0 Å². The summed E-state index contributed by atoms with van der Waals surface area (Å²) in [5.74, 6) is -0.156. The summed E-state index contributed by atoms with van der Waals surface area (Å²) >= 11 is 2.77. The number of anilines is 1. The number of non-ortho nitro benzene ring substituents is 1. The van der Waals surface area contributed by atoms with Crippen LogP contribution in [0.1, 0.15) is 12.1 Å². The summed E-state index contributed by atoms with van der Waals surface area (Å²) in [6, 6.07) is 14.4. The summed E-state index contributed by atoms with van der Waals surface area (Å²) in [5.41, 5.74) is 3.60. The van der Waals surface area contributed by atoms with Gasteiger partial charge in [0.25, 0.3) is 5.69 Å². The third-order valence-corrected chi connectivity index (χ3v) is 6.61. The molecule has 0 aliphatic rings. The Morgan fingerprint density at radius 1 is 1.16 bits per heavy atom. The van der Waals surface area contributed by atoms with E-state index in [0.717, 1.165) is 21.9 Å². The Hall–Kier alpha value is -3.63. The van der Waals surface area contributed by atoms with Gasteiger partial charge in [0.1, 0.15) is 0 Å². The molecule has 0 atom stereocenters. The zero-order valence-corrected chi connectivity index (χ0v) is 17.7. The molecule has 3 aromatic heterocycles. The highest BCUT2D eigenvalue weighted by molar-refractivity contribution is 7.22. The van der Waals surface area contributed by atoms with Crippen LogP contribution in [0.3, 0.4) is 0 Å². The van der Waals surface area contributed by atoms with Crippen LogP contribution in [0.25, 0.3) is 26.4 Å². The van der Waals surface area contributed by atoms with Crippen molar-refractivity contribution >= 4 is 54.6 Å². The van der Waals surface area contributed by atoms with Gasteiger partial charge in [-0.1, -0.05) is 41.7 Å². The maximum atomic E-state index is 12.4. The Labute approximate surface area is 184 Å². The Bertz CT molecular complexity index is 1420. The molecule has 154 valence electrons. The molecule has 0 radical (unpaired) electrons. The number of carbonyl (C=O) groups excluding carboxylic acids is 1. The van der Waals surface area contributed by atoms with E-state index in [1.807, 2.05) is 46.3 Å². The average Bonchev–Trinajstić information content (AvgIpc) is 3.46. The van der Waals surface area contributed by atoms with E-state index in [0.29, 0.717) is 28.2 Å². The van der Waals surface area contributed by atoms with Crippen molar-refractivity contribution < 1.29 is 9.72 Å². The Kier molecular flexibility index (Phi) is 4.92. The van der Waals surface area contributed by atoms with Crippen LogP contribution in [-0.4, -0.2) is 25.2 Å². The van der Waals surface area contributed by atoms with Gasteiger partial charge in [0.15, 0.2) is 10.1 Å².